The van der Waals surface area contributed by atoms with Crippen LogP contribution in [-0.2, 0) is 20.5 Å². The minimum Gasteiger partial charge on any atom is -0.479 e. The summed E-state index contributed by atoms with van der Waals surface area (Å²) in [5.41, 5.74) is -0.303. The van der Waals surface area contributed by atoms with Gasteiger partial charge < -0.3 is 10.4 Å². The van der Waals surface area contributed by atoms with Crippen molar-refractivity contribution in [2.45, 2.75) is 37.6 Å². The topological polar surface area (TPSA) is 84.2 Å². The van der Waals surface area contributed by atoms with Crippen molar-refractivity contribution < 1.29 is 14.7 Å². The quantitative estimate of drug-likeness (QED) is 0.870. The number of anilines is 1. The summed E-state index contributed by atoms with van der Waals surface area (Å²) in [5, 5.41) is 16.8. The maximum Gasteiger partial charge on any atom is 0.331 e. The number of rotatable bonds is 5. The fourth-order valence-electron chi connectivity index (χ4n) is 2.58. The molecule has 3 rings (SSSR count). The largest absolute Gasteiger partial charge is 0.479 e. The van der Waals surface area contributed by atoms with Crippen molar-refractivity contribution in [2.24, 2.45) is 0 Å². The van der Waals surface area contributed by atoms with Crippen LogP contribution in [0.5, 0.6) is 0 Å². The molecule has 0 unspecified atom stereocenters. The standard InChI is InChI=1S/C17H18ClN3O3/c1-16(2,15(23)24)21-10-13(9-19-21)20-14(22)17(7-8-17)11-3-5-12(18)6-4-11/h3-6,9-10H,7-8H2,1-2H3,(H,20,22)(H,23,24). The van der Waals surface area contributed by atoms with Crippen LogP contribution in [0.25, 0.3) is 0 Å². The molecule has 2 aromatic rings. The highest BCUT2D eigenvalue weighted by molar-refractivity contribution is 6.30. The van der Waals surface area contributed by atoms with E-state index in [2.05, 4.69) is 10.4 Å². The summed E-state index contributed by atoms with van der Waals surface area (Å²) in [6, 6.07) is 7.28. The van der Waals surface area contributed by atoms with Gasteiger partial charge in [-0.15, -0.1) is 0 Å². The number of hydrogen-bond donors (Lipinski definition) is 2. The molecule has 0 bridgehead atoms. The number of carboxylic acid groups (broad SMARTS) is 1. The Bertz CT molecular complexity index is 792. The van der Waals surface area contributed by atoms with Crippen LogP contribution in [0.1, 0.15) is 32.3 Å². The Morgan fingerprint density at radius 3 is 2.46 bits per heavy atom. The summed E-state index contributed by atoms with van der Waals surface area (Å²) in [5.74, 6) is -1.11. The Hall–Kier alpha value is -2.34. The number of carbonyl (C=O) groups excluding carboxylic acids is 1. The number of nitrogens with zero attached hydrogens (tertiary/aromatic N) is 2. The van der Waals surface area contributed by atoms with Crippen molar-refractivity contribution in [3.63, 3.8) is 0 Å². The molecule has 0 saturated heterocycles. The monoisotopic (exact) mass is 347 g/mol. The van der Waals surface area contributed by atoms with Gasteiger partial charge in [0.15, 0.2) is 5.54 Å². The lowest BCUT2D eigenvalue weighted by Gasteiger charge is -2.19. The van der Waals surface area contributed by atoms with Crippen molar-refractivity contribution in [1.82, 2.24) is 9.78 Å². The van der Waals surface area contributed by atoms with Crippen molar-refractivity contribution in [3.8, 4) is 0 Å². The summed E-state index contributed by atoms with van der Waals surface area (Å²) in [4.78, 5) is 24.0. The first-order valence-electron chi connectivity index (χ1n) is 7.62. The molecule has 1 amide bonds. The second-order valence-electron chi connectivity index (χ2n) is 6.58. The van der Waals surface area contributed by atoms with Gasteiger partial charge in [-0.3, -0.25) is 9.48 Å². The van der Waals surface area contributed by atoms with Crippen LogP contribution in [0.3, 0.4) is 0 Å². The van der Waals surface area contributed by atoms with Crippen molar-refractivity contribution in [2.75, 3.05) is 5.32 Å². The third-order valence-electron chi connectivity index (χ3n) is 4.52. The maximum atomic E-state index is 12.7. The van der Waals surface area contributed by atoms with E-state index >= 15 is 0 Å². The SMILES string of the molecule is CC(C)(C(=O)O)n1cc(NC(=O)C2(c3ccc(Cl)cc3)CC2)cn1. The fraction of sp³-hybridized carbons (Fsp3) is 0.353. The molecule has 1 aliphatic rings. The highest BCUT2D eigenvalue weighted by Gasteiger charge is 2.51. The smallest absolute Gasteiger partial charge is 0.331 e. The van der Waals surface area contributed by atoms with E-state index in [0.29, 0.717) is 10.7 Å². The highest BCUT2D eigenvalue weighted by Crippen LogP contribution is 2.49. The van der Waals surface area contributed by atoms with Crippen LogP contribution >= 0.6 is 11.6 Å². The Labute approximate surface area is 144 Å². The zero-order valence-electron chi connectivity index (χ0n) is 13.4. The Morgan fingerprint density at radius 1 is 1.29 bits per heavy atom. The van der Waals surface area contributed by atoms with Gasteiger partial charge in [0, 0.05) is 11.2 Å². The van der Waals surface area contributed by atoms with E-state index in [1.165, 1.54) is 17.1 Å². The van der Waals surface area contributed by atoms with Gasteiger partial charge in [-0.2, -0.15) is 5.10 Å². The molecule has 1 saturated carbocycles. The first kappa shape index (κ1) is 16.5. The Balaban J connectivity index is 1.77. The molecule has 1 aromatic carbocycles. The first-order valence-corrected chi connectivity index (χ1v) is 7.99. The summed E-state index contributed by atoms with van der Waals surface area (Å²) >= 11 is 5.90. The van der Waals surface area contributed by atoms with E-state index in [4.69, 9.17) is 11.6 Å². The fourth-order valence-corrected chi connectivity index (χ4v) is 2.71. The maximum absolute atomic E-state index is 12.7. The summed E-state index contributed by atoms with van der Waals surface area (Å²) in [6.45, 7) is 3.09. The molecule has 1 fully saturated rings. The van der Waals surface area contributed by atoms with E-state index in [-0.39, 0.29) is 5.91 Å². The van der Waals surface area contributed by atoms with Gasteiger partial charge in [-0.1, -0.05) is 23.7 Å². The summed E-state index contributed by atoms with van der Waals surface area (Å²) in [6.07, 6.45) is 4.54. The third-order valence-corrected chi connectivity index (χ3v) is 4.77. The second-order valence-corrected chi connectivity index (χ2v) is 7.02. The van der Waals surface area contributed by atoms with Gasteiger partial charge in [-0.25, -0.2) is 4.79 Å². The number of aromatic nitrogens is 2. The molecule has 0 aliphatic heterocycles. The first-order chi connectivity index (χ1) is 11.3. The van der Waals surface area contributed by atoms with E-state index in [9.17, 15) is 14.7 Å². The number of hydrogen-bond acceptors (Lipinski definition) is 3. The van der Waals surface area contributed by atoms with E-state index in [1.807, 2.05) is 12.1 Å². The number of nitrogens with one attached hydrogen (secondary N) is 1. The number of benzene rings is 1. The number of amides is 1. The Morgan fingerprint density at radius 2 is 1.92 bits per heavy atom. The molecule has 0 radical (unpaired) electrons. The second kappa shape index (κ2) is 5.63. The lowest BCUT2D eigenvalue weighted by Crippen LogP contribution is -2.36. The molecule has 2 N–H and O–H groups in total. The lowest BCUT2D eigenvalue weighted by molar-refractivity contribution is -0.146. The minimum absolute atomic E-state index is 0.113. The summed E-state index contributed by atoms with van der Waals surface area (Å²) < 4.78 is 1.33. The molecule has 24 heavy (non-hydrogen) atoms. The number of aliphatic carboxylic acids is 1. The van der Waals surface area contributed by atoms with Gasteiger partial charge in [-0.05, 0) is 44.4 Å². The van der Waals surface area contributed by atoms with E-state index in [1.54, 1.807) is 26.0 Å². The molecular formula is C17H18ClN3O3. The van der Waals surface area contributed by atoms with Crippen LogP contribution in [-0.4, -0.2) is 26.8 Å². The molecule has 1 aromatic heterocycles. The zero-order chi connectivity index (χ0) is 17.5. The van der Waals surface area contributed by atoms with Crippen LogP contribution in [0, 0.1) is 0 Å². The molecule has 1 heterocycles. The molecule has 6 nitrogen and oxygen atoms in total. The number of carboxylic acids is 1. The van der Waals surface area contributed by atoms with Crippen LogP contribution in [0.4, 0.5) is 5.69 Å². The van der Waals surface area contributed by atoms with Crippen molar-refractivity contribution >= 4 is 29.2 Å². The number of halogens is 1. The molecular weight excluding hydrogens is 330 g/mol. The summed E-state index contributed by atoms with van der Waals surface area (Å²) in [7, 11) is 0. The van der Waals surface area contributed by atoms with Gasteiger partial charge in [0.2, 0.25) is 5.91 Å². The predicted octanol–water partition coefficient (Wildman–Crippen LogP) is 3.03. The number of carbonyl (C=O) groups is 2. The normalized spacial score (nSPS) is 15.8. The van der Waals surface area contributed by atoms with Gasteiger partial charge in [0.05, 0.1) is 17.3 Å². The van der Waals surface area contributed by atoms with Crippen LogP contribution in [0.2, 0.25) is 5.02 Å². The van der Waals surface area contributed by atoms with E-state index < -0.39 is 16.9 Å². The van der Waals surface area contributed by atoms with Crippen molar-refractivity contribution in [3.05, 3.63) is 47.2 Å². The predicted molar refractivity (Wildman–Crippen MR) is 90.2 cm³/mol. The molecule has 126 valence electrons. The minimum atomic E-state index is -1.18. The van der Waals surface area contributed by atoms with E-state index in [0.717, 1.165) is 18.4 Å². The lowest BCUT2D eigenvalue weighted by atomic mass is 9.95. The van der Waals surface area contributed by atoms with Gasteiger partial charge in [0.1, 0.15) is 0 Å². The molecule has 7 heteroatoms. The molecule has 0 spiro atoms. The van der Waals surface area contributed by atoms with Gasteiger partial charge >= 0.3 is 5.97 Å². The van der Waals surface area contributed by atoms with Crippen LogP contribution < -0.4 is 5.32 Å². The zero-order valence-corrected chi connectivity index (χ0v) is 14.2. The van der Waals surface area contributed by atoms with Crippen molar-refractivity contribution in [1.29, 1.82) is 0 Å². The highest BCUT2D eigenvalue weighted by atomic mass is 35.5. The average Bonchev–Trinajstić information content (AvgIpc) is 3.21. The van der Waals surface area contributed by atoms with Gasteiger partial charge in [0.25, 0.3) is 0 Å². The molecule has 1 aliphatic carbocycles. The average molecular weight is 348 g/mol. The Kier molecular flexibility index (Phi) is 3.87. The molecule has 0 atom stereocenters. The van der Waals surface area contributed by atoms with Crippen LogP contribution in [0.15, 0.2) is 36.7 Å². The third kappa shape index (κ3) is 2.78.